The summed E-state index contributed by atoms with van der Waals surface area (Å²) in [4.78, 5) is 4.09. The van der Waals surface area contributed by atoms with Crippen molar-refractivity contribution < 1.29 is 0 Å². The minimum Gasteiger partial charge on any atom is -0.383 e. The molecule has 4 nitrogen and oxygen atoms in total. The number of nitrogens with two attached hydrogens (primary N) is 2. The highest BCUT2D eigenvalue weighted by Crippen LogP contribution is 2.16. The summed E-state index contributed by atoms with van der Waals surface area (Å²) in [5.41, 5.74) is 10.9. The van der Waals surface area contributed by atoms with E-state index in [0.29, 0.717) is 5.82 Å². The van der Waals surface area contributed by atoms with Crippen LogP contribution in [0.5, 0.6) is 0 Å². The predicted octanol–water partition coefficient (Wildman–Crippen LogP) is 2.04. The SMILES string of the molecule is NNC(Cc1cccc(Br)c1)Cc1cccnc1N. The number of nitrogens with one attached hydrogen (secondary N) is 1. The Kier molecular flexibility index (Phi) is 4.90. The van der Waals surface area contributed by atoms with Crippen molar-refractivity contribution >= 4 is 21.7 Å². The average Bonchev–Trinajstić information content (AvgIpc) is 2.40. The van der Waals surface area contributed by atoms with E-state index in [2.05, 4.69) is 38.5 Å². The summed E-state index contributed by atoms with van der Waals surface area (Å²) in [7, 11) is 0. The fraction of sp³-hybridized carbons (Fsp3) is 0.214. The van der Waals surface area contributed by atoms with Crippen LogP contribution in [-0.4, -0.2) is 11.0 Å². The first-order chi connectivity index (χ1) is 9.19. The number of nitrogen functional groups attached to an aromatic ring is 1. The van der Waals surface area contributed by atoms with Crippen LogP contribution in [0.25, 0.3) is 0 Å². The van der Waals surface area contributed by atoms with Crippen molar-refractivity contribution in [2.24, 2.45) is 5.84 Å². The van der Waals surface area contributed by atoms with Gasteiger partial charge in [0.25, 0.3) is 0 Å². The molecule has 1 unspecified atom stereocenters. The van der Waals surface area contributed by atoms with Crippen LogP contribution >= 0.6 is 15.9 Å². The van der Waals surface area contributed by atoms with Crippen LogP contribution < -0.4 is 17.0 Å². The smallest absolute Gasteiger partial charge is 0.126 e. The molecule has 1 aromatic heterocycles. The Hall–Kier alpha value is -1.43. The topological polar surface area (TPSA) is 77.0 Å². The third-order valence-corrected chi connectivity index (χ3v) is 3.49. The number of hydrogen-bond acceptors (Lipinski definition) is 4. The highest BCUT2D eigenvalue weighted by molar-refractivity contribution is 9.10. The maximum Gasteiger partial charge on any atom is 0.126 e. The lowest BCUT2D eigenvalue weighted by Gasteiger charge is -2.17. The summed E-state index contributed by atoms with van der Waals surface area (Å²) in [5.74, 6) is 6.20. The van der Waals surface area contributed by atoms with Gasteiger partial charge in [-0.1, -0.05) is 34.1 Å². The van der Waals surface area contributed by atoms with Gasteiger partial charge in [0.1, 0.15) is 5.82 Å². The van der Waals surface area contributed by atoms with Crippen LogP contribution in [0.4, 0.5) is 5.82 Å². The van der Waals surface area contributed by atoms with Crippen LogP contribution in [0.3, 0.4) is 0 Å². The quantitative estimate of drug-likeness (QED) is 0.582. The molecular formula is C14H17BrN4. The Balaban J connectivity index is 2.07. The molecule has 0 fully saturated rings. The lowest BCUT2D eigenvalue weighted by atomic mass is 10.00. The minimum atomic E-state index is 0.126. The van der Waals surface area contributed by atoms with Gasteiger partial charge in [0.15, 0.2) is 0 Å². The van der Waals surface area contributed by atoms with E-state index in [9.17, 15) is 0 Å². The Bertz CT molecular complexity index is 544. The zero-order valence-corrected chi connectivity index (χ0v) is 12.1. The van der Waals surface area contributed by atoms with Crippen LogP contribution in [0.1, 0.15) is 11.1 Å². The molecular weight excluding hydrogens is 304 g/mol. The van der Waals surface area contributed by atoms with Gasteiger partial charge in [-0.3, -0.25) is 11.3 Å². The molecule has 0 saturated carbocycles. The fourth-order valence-electron chi connectivity index (χ4n) is 2.03. The van der Waals surface area contributed by atoms with Gasteiger partial charge in [0.2, 0.25) is 0 Å². The van der Waals surface area contributed by atoms with E-state index in [1.165, 1.54) is 5.56 Å². The van der Waals surface area contributed by atoms with E-state index in [1.807, 2.05) is 24.3 Å². The van der Waals surface area contributed by atoms with Crippen molar-refractivity contribution in [1.82, 2.24) is 10.4 Å². The summed E-state index contributed by atoms with van der Waals surface area (Å²) in [6.45, 7) is 0. The highest BCUT2D eigenvalue weighted by Gasteiger charge is 2.11. The Morgan fingerprint density at radius 1 is 1.21 bits per heavy atom. The maximum atomic E-state index is 5.85. The second-order valence-corrected chi connectivity index (χ2v) is 5.37. The minimum absolute atomic E-state index is 0.126. The molecule has 1 heterocycles. The summed E-state index contributed by atoms with van der Waals surface area (Å²) < 4.78 is 1.07. The normalized spacial score (nSPS) is 12.3. The van der Waals surface area contributed by atoms with Crippen LogP contribution in [0, 0.1) is 0 Å². The number of halogens is 1. The Morgan fingerprint density at radius 3 is 2.74 bits per heavy atom. The average molecular weight is 321 g/mol. The van der Waals surface area contributed by atoms with Crippen LogP contribution in [-0.2, 0) is 12.8 Å². The monoisotopic (exact) mass is 320 g/mol. The molecule has 5 N–H and O–H groups in total. The maximum absolute atomic E-state index is 5.85. The Labute approximate surface area is 121 Å². The molecule has 0 amide bonds. The van der Waals surface area contributed by atoms with E-state index in [0.717, 1.165) is 22.9 Å². The summed E-state index contributed by atoms with van der Waals surface area (Å²) in [5, 5.41) is 0. The van der Waals surface area contributed by atoms with Gasteiger partial charge in [-0.15, -0.1) is 0 Å². The van der Waals surface area contributed by atoms with Crippen molar-refractivity contribution in [3.8, 4) is 0 Å². The molecule has 19 heavy (non-hydrogen) atoms. The number of hydrogen-bond donors (Lipinski definition) is 3. The molecule has 0 radical (unpaired) electrons. The van der Waals surface area contributed by atoms with Crippen LogP contribution in [0.2, 0.25) is 0 Å². The molecule has 5 heteroatoms. The van der Waals surface area contributed by atoms with Gasteiger partial charge >= 0.3 is 0 Å². The van der Waals surface area contributed by atoms with Crippen molar-refractivity contribution in [2.45, 2.75) is 18.9 Å². The van der Waals surface area contributed by atoms with Crippen molar-refractivity contribution in [3.05, 3.63) is 58.2 Å². The van der Waals surface area contributed by atoms with Gasteiger partial charge in [-0.25, -0.2) is 4.98 Å². The summed E-state index contributed by atoms with van der Waals surface area (Å²) in [6, 6.07) is 12.2. The molecule has 0 aliphatic carbocycles. The molecule has 2 aromatic rings. The van der Waals surface area contributed by atoms with Crippen molar-refractivity contribution in [3.63, 3.8) is 0 Å². The molecule has 1 aromatic carbocycles. The Morgan fingerprint density at radius 2 is 2.05 bits per heavy atom. The first-order valence-corrected chi connectivity index (χ1v) is 6.88. The van der Waals surface area contributed by atoms with Crippen molar-refractivity contribution in [2.75, 3.05) is 5.73 Å². The van der Waals surface area contributed by atoms with E-state index in [-0.39, 0.29) is 6.04 Å². The molecule has 0 bridgehead atoms. The zero-order valence-electron chi connectivity index (χ0n) is 10.5. The predicted molar refractivity (Wildman–Crippen MR) is 81.3 cm³/mol. The second-order valence-electron chi connectivity index (χ2n) is 4.45. The van der Waals surface area contributed by atoms with E-state index in [1.54, 1.807) is 6.20 Å². The lowest BCUT2D eigenvalue weighted by molar-refractivity contribution is 0.522. The number of rotatable bonds is 5. The standard InChI is InChI=1S/C14H17BrN4/c15-12-5-1-3-10(7-12)8-13(19-17)9-11-4-2-6-18-14(11)16/h1-7,13,19H,8-9,17H2,(H2,16,18). The third kappa shape index (κ3) is 4.02. The lowest BCUT2D eigenvalue weighted by Crippen LogP contribution is -2.38. The van der Waals surface area contributed by atoms with Gasteiger partial charge < -0.3 is 5.73 Å². The number of anilines is 1. The van der Waals surface area contributed by atoms with Gasteiger partial charge in [-0.05, 0) is 42.2 Å². The van der Waals surface area contributed by atoms with Crippen molar-refractivity contribution in [1.29, 1.82) is 0 Å². The number of hydrazine groups is 1. The molecule has 0 aliphatic rings. The summed E-state index contributed by atoms with van der Waals surface area (Å²) >= 11 is 3.47. The number of aromatic nitrogens is 1. The second kappa shape index (κ2) is 6.65. The summed E-state index contributed by atoms with van der Waals surface area (Å²) in [6.07, 6.45) is 3.28. The van der Waals surface area contributed by atoms with Crippen LogP contribution in [0.15, 0.2) is 47.1 Å². The fourth-order valence-corrected chi connectivity index (χ4v) is 2.47. The highest BCUT2D eigenvalue weighted by atomic mass is 79.9. The zero-order chi connectivity index (χ0) is 13.7. The van der Waals surface area contributed by atoms with E-state index in [4.69, 9.17) is 11.6 Å². The number of benzene rings is 1. The van der Waals surface area contributed by atoms with E-state index >= 15 is 0 Å². The van der Waals surface area contributed by atoms with Gasteiger partial charge in [-0.2, -0.15) is 0 Å². The molecule has 2 rings (SSSR count). The third-order valence-electron chi connectivity index (χ3n) is 3.00. The van der Waals surface area contributed by atoms with E-state index < -0.39 is 0 Å². The van der Waals surface area contributed by atoms with Gasteiger partial charge in [0.05, 0.1) is 0 Å². The largest absolute Gasteiger partial charge is 0.383 e. The molecule has 1 atom stereocenters. The molecule has 0 aliphatic heterocycles. The molecule has 100 valence electrons. The first-order valence-electron chi connectivity index (χ1n) is 6.09. The first kappa shape index (κ1) is 14.0. The number of pyridine rings is 1. The molecule has 0 saturated heterocycles. The molecule has 0 spiro atoms. The van der Waals surface area contributed by atoms with Gasteiger partial charge in [0, 0.05) is 16.7 Å². The number of nitrogens with zero attached hydrogens (tertiary/aromatic N) is 1.